The van der Waals surface area contributed by atoms with Crippen LogP contribution in [-0.4, -0.2) is 5.60 Å². The highest BCUT2D eigenvalue weighted by Gasteiger charge is 2.25. The Labute approximate surface area is 124 Å². The van der Waals surface area contributed by atoms with Gasteiger partial charge in [-0.1, -0.05) is 48.0 Å². The lowest BCUT2D eigenvalue weighted by Crippen LogP contribution is -2.24. The molecule has 2 aromatic rings. The van der Waals surface area contributed by atoms with Crippen LogP contribution in [0.2, 0.25) is 5.02 Å². The van der Waals surface area contributed by atoms with E-state index in [1.807, 2.05) is 30.5 Å². The Hall–Kier alpha value is -1.73. The molecule has 0 bridgehead atoms. The molecule has 0 spiro atoms. The van der Waals surface area contributed by atoms with Crippen molar-refractivity contribution in [3.63, 3.8) is 0 Å². The molecular weight excluding hydrogens is 268 g/mol. The molecule has 0 aromatic heterocycles. The number of benzene rings is 2. The predicted molar refractivity (Wildman–Crippen MR) is 83.8 cm³/mol. The van der Waals surface area contributed by atoms with Gasteiger partial charge in [-0.3, -0.25) is 0 Å². The molecule has 102 valence electrons. The number of rotatable bonds is 1. The lowest BCUT2D eigenvalue weighted by molar-refractivity contribution is 0.0609. The number of fused-ring (bicyclic) bond motifs is 1. The molecule has 0 unspecified atom stereocenters. The molecule has 1 aliphatic rings. The molecule has 0 radical (unpaired) electrons. The first kappa shape index (κ1) is 13.3. The summed E-state index contributed by atoms with van der Waals surface area (Å²) >= 11 is 5.98. The number of ether oxygens (including phenoxy) is 1. The first-order chi connectivity index (χ1) is 9.55. The average Bonchev–Trinajstić information content (AvgIpc) is 2.55. The van der Waals surface area contributed by atoms with Gasteiger partial charge in [-0.15, -0.1) is 0 Å². The molecule has 0 aliphatic carbocycles. The van der Waals surface area contributed by atoms with Gasteiger partial charge in [-0.25, -0.2) is 0 Å². The summed E-state index contributed by atoms with van der Waals surface area (Å²) in [4.78, 5) is 0. The maximum absolute atomic E-state index is 5.98. The molecule has 1 nitrogen and oxygen atoms in total. The third kappa shape index (κ3) is 2.59. The number of halogens is 1. The monoisotopic (exact) mass is 284 g/mol. The van der Waals surface area contributed by atoms with Crippen molar-refractivity contribution in [1.82, 2.24) is 0 Å². The van der Waals surface area contributed by atoms with Crippen LogP contribution >= 0.6 is 11.6 Å². The summed E-state index contributed by atoms with van der Waals surface area (Å²) in [5.74, 6) is 0. The lowest BCUT2D eigenvalue weighted by atomic mass is 9.90. The van der Waals surface area contributed by atoms with E-state index in [9.17, 15) is 0 Å². The van der Waals surface area contributed by atoms with Crippen molar-refractivity contribution in [3.05, 3.63) is 76.5 Å². The maximum Gasteiger partial charge on any atom is 0.107 e. The average molecular weight is 285 g/mol. The van der Waals surface area contributed by atoms with E-state index in [-0.39, 0.29) is 5.60 Å². The highest BCUT2D eigenvalue weighted by molar-refractivity contribution is 6.30. The van der Waals surface area contributed by atoms with Crippen LogP contribution in [0, 0.1) is 0 Å². The smallest absolute Gasteiger partial charge is 0.107 e. The van der Waals surface area contributed by atoms with Crippen LogP contribution in [0.25, 0.3) is 5.57 Å². The third-order valence-corrected chi connectivity index (χ3v) is 3.83. The Bertz CT molecular complexity index is 653. The van der Waals surface area contributed by atoms with Crippen LogP contribution in [0.5, 0.6) is 0 Å². The second-order valence-corrected chi connectivity index (χ2v) is 6.19. The Kier molecular flexibility index (Phi) is 3.31. The summed E-state index contributed by atoms with van der Waals surface area (Å²) in [6.45, 7) is 4.23. The van der Waals surface area contributed by atoms with Crippen LogP contribution < -0.4 is 0 Å². The van der Waals surface area contributed by atoms with Crippen LogP contribution in [0.4, 0.5) is 0 Å². The second-order valence-electron chi connectivity index (χ2n) is 5.75. The zero-order chi connectivity index (χ0) is 14.2. The lowest BCUT2D eigenvalue weighted by Gasteiger charge is -2.22. The van der Waals surface area contributed by atoms with Gasteiger partial charge in [0.05, 0.1) is 6.26 Å². The summed E-state index contributed by atoms with van der Waals surface area (Å²) in [6, 6.07) is 16.4. The molecule has 1 heterocycles. The van der Waals surface area contributed by atoms with Gasteiger partial charge >= 0.3 is 0 Å². The molecular formula is C18H17ClO. The summed E-state index contributed by atoms with van der Waals surface area (Å²) in [7, 11) is 0. The van der Waals surface area contributed by atoms with Gasteiger partial charge in [-0.2, -0.15) is 0 Å². The Balaban J connectivity index is 2.14. The van der Waals surface area contributed by atoms with Gasteiger partial charge in [0.15, 0.2) is 0 Å². The molecule has 20 heavy (non-hydrogen) atoms. The third-order valence-electron chi connectivity index (χ3n) is 3.57. The van der Waals surface area contributed by atoms with Gasteiger partial charge in [-0.05, 0) is 42.7 Å². The zero-order valence-electron chi connectivity index (χ0n) is 11.7. The van der Waals surface area contributed by atoms with Gasteiger partial charge in [0, 0.05) is 17.0 Å². The molecule has 3 rings (SSSR count). The molecule has 0 N–H and O–H groups in total. The van der Waals surface area contributed by atoms with Gasteiger partial charge in [0.25, 0.3) is 0 Å². The molecule has 0 saturated carbocycles. The number of hydrogen-bond donors (Lipinski definition) is 0. The fourth-order valence-electron chi connectivity index (χ4n) is 2.57. The first-order valence-corrected chi connectivity index (χ1v) is 7.15. The molecule has 2 heteroatoms. The van der Waals surface area contributed by atoms with Crippen molar-refractivity contribution in [2.24, 2.45) is 0 Å². The quantitative estimate of drug-likeness (QED) is 0.709. The Morgan fingerprint density at radius 3 is 2.45 bits per heavy atom. The molecule has 2 aromatic carbocycles. The van der Waals surface area contributed by atoms with Gasteiger partial charge < -0.3 is 4.74 Å². The largest absolute Gasteiger partial charge is 0.494 e. The van der Waals surface area contributed by atoms with Crippen LogP contribution in [-0.2, 0) is 11.2 Å². The van der Waals surface area contributed by atoms with Crippen LogP contribution in [0.1, 0.15) is 30.5 Å². The van der Waals surface area contributed by atoms with Gasteiger partial charge in [0.1, 0.15) is 5.60 Å². The summed E-state index contributed by atoms with van der Waals surface area (Å²) in [6.07, 6.45) is 2.78. The van der Waals surface area contributed by atoms with Crippen molar-refractivity contribution >= 4 is 17.2 Å². The van der Waals surface area contributed by atoms with E-state index in [1.54, 1.807) is 0 Å². The molecule has 0 fully saturated rings. The fourth-order valence-corrected chi connectivity index (χ4v) is 2.70. The van der Waals surface area contributed by atoms with E-state index in [1.165, 1.54) is 11.1 Å². The van der Waals surface area contributed by atoms with Crippen LogP contribution in [0.15, 0.2) is 54.8 Å². The predicted octanol–water partition coefficient (Wildman–Crippen LogP) is 5.08. The number of hydrogen-bond acceptors (Lipinski definition) is 1. The van der Waals surface area contributed by atoms with Crippen molar-refractivity contribution in [2.75, 3.05) is 0 Å². The Morgan fingerprint density at radius 2 is 1.70 bits per heavy atom. The molecule has 0 atom stereocenters. The first-order valence-electron chi connectivity index (χ1n) is 6.77. The highest BCUT2D eigenvalue weighted by Crippen LogP contribution is 2.33. The van der Waals surface area contributed by atoms with Crippen molar-refractivity contribution in [2.45, 2.75) is 25.9 Å². The minimum atomic E-state index is -0.190. The summed E-state index contributed by atoms with van der Waals surface area (Å²) in [5.41, 5.74) is 4.60. The Morgan fingerprint density at radius 1 is 1.00 bits per heavy atom. The molecule has 0 saturated heterocycles. The standard InChI is InChI=1S/C18H17ClO/c1-18(2)11-14-5-3-4-6-16(14)17(12-20-18)13-7-9-15(19)10-8-13/h3-10,12H,11H2,1-2H3. The maximum atomic E-state index is 5.98. The molecule has 1 aliphatic heterocycles. The minimum absolute atomic E-state index is 0.190. The minimum Gasteiger partial charge on any atom is -0.494 e. The van der Waals surface area contributed by atoms with E-state index < -0.39 is 0 Å². The van der Waals surface area contributed by atoms with E-state index in [0.29, 0.717) is 0 Å². The zero-order valence-corrected chi connectivity index (χ0v) is 12.4. The van der Waals surface area contributed by atoms with E-state index in [2.05, 4.69) is 38.1 Å². The summed E-state index contributed by atoms with van der Waals surface area (Å²) < 4.78 is 5.98. The van der Waals surface area contributed by atoms with Crippen molar-refractivity contribution in [3.8, 4) is 0 Å². The normalized spacial score (nSPS) is 16.6. The second kappa shape index (κ2) is 4.99. The summed E-state index contributed by atoms with van der Waals surface area (Å²) in [5, 5.41) is 0.748. The van der Waals surface area contributed by atoms with Crippen LogP contribution in [0.3, 0.4) is 0 Å². The van der Waals surface area contributed by atoms with E-state index >= 15 is 0 Å². The van der Waals surface area contributed by atoms with Gasteiger partial charge in [0.2, 0.25) is 0 Å². The van der Waals surface area contributed by atoms with Crippen molar-refractivity contribution in [1.29, 1.82) is 0 Å². The van der Waals surface area contributed by atoms with E-state index in [4.69, 9.17) is 16.3 Å². The van der Waals surface area contributed by atoms with Crippen molar-refractivity contribution < 1.29 is 4.74 Å². The SMILES string of the molecule is CC1(C)Cc2ccccc2C(c2ccc(Cl)cc2)=CO1. The topological polar surface area (TPSA) is 9.23 Å². The molecule has 0 amide bonds. The highest BCUT2D eigenvalue weighted by atomic mass is 35.5. The fraction of sp³-hybridized carbons (Fsp3) is 0.222. The van der Waals surface area contributed by atoms with E-state index in [0.717, 1.165) is 22.6 Å².